The van der Waals surface area contributed by atoms with Crippen molar-refractivity contribution in [3.8, 4) is 0 Å². The molecular weight excluding hydrogens is 202 g/mol. The fraction of sp³-hybridized carbons (Fsp3) is 0.300. The highest BCUT2D eigenvalue weighted by molar-refractivity contribution is 5.85. The highest BCUT2D eigenvalue weighted by atomic mass is 35.5. The van der Waals surface area contributed by atoms with Crippen LogP contribution >= 0.6 is 12.4 Å². The van der Waals surface area contributed by atoms with E-state index in [2.05, 4.69) is 5.32 Å². The van der Waals surface area contributed by atoms with Gasteiger partial charge in [-0.25, -0.2) is 0 Å². The van der Waals surface area contributed by atoms with Gasteiger partial charge in [-0.2, -0.15) is 0 Å². The van der Waals surface area contributed by atoms with Crippen molar-refractivity contribution in [1.82, 2.24) is 5.32 Å². The van der Waals surface area contributed by atoms with Crippen LogP contribution in [0, 0.1) is 0 Å². The summed E-state index contributed by atoms with van der Waals surface area (Å²) in [4.78, 5) is 10.7. The molecule has 1 aliphatic heterocycles. The molecule has 0 aliphatic carbocycles. The van der Waals surface area contributed by atoms with Crippen molar-refractivity contribution in [3.05, 3.63) is 35.4 Å². The number of benzene rings is 1. The summed E-state index contributed by atoms with van der Waals surface area (Å²) >= 11 is 0. The second-order valence-corrected chi connectivity index (χ2v) is 3.24. The Bertz CT molecular complexity index is 337. The van der Waals surface area contributed by atoms with Gasteiger partial charge in [0.15, 0.2) is 0 Å². The monoisotopic (exact) mass is 213 g/mol. The summed E-state index contributed by atoms with van der Waals surface area (Å²) in [5.74, 6) is 0. The first-order valence-corrected chi connectivity index (χ1v) is 4.28. The molecule has 0 bridgehead atoms. The lowest BCUT2D eigenvalue weighted by atomic mass is 9.90. The van der Waals surface area contributed by atoms with Crippen molar-refractivity contribution < 1.29 is 9.90 Å². The van der Waals surface area contributed by atoms with E-state index in [-0.39, 0.29) is 12.4 Å². The molecule has 1 heterocycles. The van der Waals surface area contributed by atoms with E-state index in [1.54, 1.807) is 18.2 Å². The SMILES string of the molecule is Cl.O=Cc1ccccc1[C@@]1(O)CCN1. The predicted molar refractivity (Wildman–Crippen MR) is 55.6 cm³/mol. The summed E-state index contributed by atoms with van der Waals surface area (Å²) in [6.45, 7) is 0.795. The molecule has 0 amide bonds. The highest BCUT2D eigenvalue weighted by Gasteiger charge is 2.37. The van der Waals surface area contributed by atoms with E-state index in [9.17, 15) is 9.90 Å². The van der Waals surface area contributed by atoms with Crippen molar-refractivity contribution in [3.63, 3.8) is 0 Å². The molecule has 0 saturated carbocycles. The van der Waals surface area contributed by atoms with Gasteiger partial charge in [0.2, 0.25) is 0 Å². The largest absolute Gasteiger partial charge is 0.371 e. The maximum atomic E-state index is 10.7. The van der Waals surface area contributed by atoms with Gasteiger partial charge in [0, 0.05) is 24.1 Å². The number of carbonyl (C=O) groups is 1. The van der Waals surface area contributed by atoms with Crippen LogP contribution in [0.15, 0.2) is 24.3 Å². The maximum absolute atomic E-state index is 10.7. The lowest BCUT2D eigenvalue weighted by molar-refractivity contribution is -0.0610. The van der Waals surface area contributed by atoms with Crippen molar-refractivity contribution >= 4 is 18.7 Å². The zero-order valence-electron chi connectivity index (χ0n) is 7.56. The van der Waals surface area contributed by atoms with Crippen LogP contribution in [0.2, 0.25) is 0 Å². The molecule has 2 N–H and O–H groups in total. The molecule has 76 valence electrons. The number of hydrogen-bond donors (Lipinski definition) is 2. The van der Waals surface area contributed by atoms with Gasteiger partial charge < -0.3 is 5.11 Å². The first-order valence-electron chi connectivity index (χ1n) is 4.28. The lowest BCUT2D eigenvalue weighted by Crippen LogP contribution is -2.54. The second kappa shape index (κ2) is 4.09. The van der Waals surface area contributed by atoms with E-state index in [1.807, 2.05) is 6.07 Å². The van der Waals surface area contributed by atoms with Gasteiger partial charge in [-0.1, -0.05) is 24.3 Å². The van der Waals surface area contributed by atoms with E-state index >= 15 is 0 Å². The summed E-state index contributed by atoms with van der Waals surface area (Å²) in [6, 6.07) is 7.09. The highest BCUT2D eigenvalue weighted by Crippen LogP contribution is 2.29. The van der Waals surface area contributed by atoms with Crippen molar-refractivity contribution in [1.29, 1.82) is 0 Å². The van der Waals surface area contributed by atoms with E-state index < -0.39 is 5.72 Å². The van der Waals surface area contributed by atoms with Crippen LogP contribution in [-0.2, 0) is 5.72 Å². The topological polar surface area (TPSA) is 49.3 Å². The quantitative estimate of drug-likeness (QED) is 0.723. The van der Waals surface area contributed by atoms with Crippen LogP contribution in [0.1, 0.15) is 22.3 Å². The third-order valence-electron chi connectivity index (χ3n) is 2.44. The Labute approximate surface area is 88.5 Å². The van der Waals surface area contributed by atoms with Gasteiger partial charge in [-0.15, -0.1) is 12.4 Å². The number of carbonyl (C=O) groups excluding carboxylic acids is 1. The molecule has 3 nitrogen and oxygen atoms in total. The van der Waals surface area contributed by atoms with Crippen LogP contribution in [0.25, 0.3) is 0 Å². The maximum Gasteiger partial charge on any atom is 0.150 e. The second-order valence-electron chi connectivity index (χ2n) is 3.24. The molecule has 0 unspecified atom stereocenters. The summed E-state index contributed by atoms with van der Waals surface area (Å²) < 4.78 is 0. The zero-order valence-corrected chi connectivity index (χ0v) is 8.38. The predicted octanol–water partition coefficient (Wildman–Crippen LogP) is 1.06. The normalized spacial score (nSPS) is 24.6. The number of aliphatic hydroxyl groups is 1. The van der Waals surface area contributed by atoms with Crippen molar-refractivity contribution in [2.75, 3.05) is 6.54 Å². The Hall–Kier alpha value is -0.900. The molecule has 0 radical (unpaired) electrons. The van der Waals surface area contributed by atoms with Gasteiger partial charge in [-0.05, 0) is 0 Å². The van der Waals surface area contributed by atoms with Gasteiger partial charge in [-0.3, -0.25) is 10.1 Å². The average Bonchev–Trinajstić information content (AvgIpc) is 2.14. The summed E-state index contributed by atoms with van der Waals surface area (Å²) in [7, 11) is 0. The van der Waals surface area contributed by atoms with E-state index in [1.165, 1.54) is 0 Å². The minimum Gasteiger partial charge on any atom is -0.371 e. The zero-order chi connectivity index (χ0) is 9.31. The molecule has 0 spiro atoms. The smallest absolute Gasteiger partial charge is 0.150 e. The first-order chi connectivity index (χ1) is 6.26. The third kappa shape index (κ3) is 1.66. The molecule has 1 aromatic carbocycles. The van der Waals surface area contributed by atoms with Gasteiger partial charge >= 0.3 is 0 Å². The third-order valence-corrected chi connectivity index (χ3v) is 2.44. The first kappa shape index (κ1) is 11.2. The fourth-order valence-corrected chi connectivity index (χ4v) is 1.57. The Morgan fingerprint density at radius 1 is 1.43 bits per heavy atom. The van der Waals surface area contributed by atoms with Crippen molar-refractivity contribution in [2.45, 2.75) is 12.1 Å². The standard InChI is InChI=1S/C10H11NO2.ClH/c12-7-8-3-1-2-4-9(8)10(13)5-6-11-10;/h1-4,7,11,13H,5-6H2;1H/t10-;/m0./s1. The number of nitrogens with one attached hydrogen (secondary N) is 1. The molecule has 14 heavy (non-hydrogen) atoms. The summed E-state index contributed by atoms with van der Waals surface area (Å²) in [6.07, 6.45) is 1.44. The molecule has 1 saturated heterocycles. The number of hydrogen-bond acceptors (Lipinski definition) is 3. The van der Waals surface area contributed by atoms with Crippen LogP contribution in [0.5, 0.6) is 0 Å². The number of aldehydes is 1. The Morgan fingerprint density at radius 2 is 2.07 bits per heavy atom. The van der Waals surface area contributed by atoms with Crippen LogP contribution in [0.4, 0.5) is 0 Å². The number of rotatable bonds is 2. The van der Waals surface area contributed by atoms with Crippen molar-refractivity contribution in [2.24, 2.45) is 0 Å². The Morgan fingerprint density at radius 3 is 2.57 bits per heavy atom. The fourth-order valence-electron chi connectivity index (χ4n) is 1.57. The summed E-state index contributed by atoms with van der Waals surface area (Å²) in [5, 5.41) is 12.8. The van der Waals surface area contributed by atoms with Crippen LogP contribution < -0.4 is 5.32 Å². The molecule has 1 aliphatic rings. The van der Waals surface area contributed by atoms with E-state index in [0.717, 1.165) is 12.8 Å². The number of halogens is 1. The molecule has 1 fully saturated rings. The molecular formula is C10H12ClNO2. The van der Waals surface area contributed by atoms with Crippen LogP contribution in [-0.4, -0.2) is 17.9 Å². The van der Waals surface area contributed by atoms with E-state index in [4.69, 9.17) is 0 Å². The molecule has 0 aromatic heterocycles. The molecule has 1 aromatic rings. The summed E-state index contributed by atoms with van der Waals surface area (Å²) in [5.41, 5.74) is 0.255. The van der Waals surface area contributed by atoms with E-state index in [0.29, 0.717) is 17.5 Å². The average molecular weight is 214 g/mol. The Kier molecular flexibility index (Phi) is 3.26. The van der Waals surface area contributed by atoms with Gasteiger partial charge in [0.25, 0.3) is 0 Å². The van der Waals surface area contributed by atoms with Gasteiger partial charge in [0.1, 0.15) is 12.0 Å². The lowest BCUT2D eigenvalue weighted by Gasteiger charge is -2.39. The minimum absolute atomic E-state index is 0. The Balaban J connectivity index is 0.000000980. The molecule has 1 atom stereocenters. The van der Waals surface area contributed by atoms with Crippen LogP contribution in [0.3, 0.4) is 0 Å². The molecule has 2 rings (SSSR count). The molecule has 4 heteroatoms. The minimum atomic E-state index is -0.975. The van der Waals surface area contributed by atoms with Gasteiger partial charge in [0.05, 0.1) is 0 Å².